The van der Waals surface area contributed by atoms with Gasteiger partial charge in [0, 0.05) is 47.8 Å². The number of rotatable bonds is 7. The number of benzene rings is 4. The monoisotopic (exact) mass is 1030 g/mol. The van der Waals surface area contributed by atoms with Gasteiger partial charge in [0.1, 0.15) is 0 Å². The Labute approximate surface area is 325 Å². The molecule has 0 aliphatic rings. The van der Waals surface area contributed by atoms with Crippen molar-refractivity contribution in [3.8, 4) is 51.5 Å². The van der Waals surface area contributed by atoms with Gasteiger partial charge < -0.3 is 24.0 Å². The number of pyridine rings is 2. The fourth-order valence-corrected chi connectivity index (χ4v) is 6.07. The molecule has 8 aromatic rings. The summed E-state index contributed by atoms with van der Waals surface area (Å²) in [4.78, 5) is 18.4. The van der Waals surface area contributed by atoms with Gasteiger partial charge in [0.15, 0.2) is 0 Å². The molecule has 51 heavy (non-hydrogen) atoms. The van der Waals surface area contributed by atoms with Crippen LogP contribution in [0.1, 0.15) is 22.3 Å². The number of aryl methyl sites for hydroxylation is 4. The minimum absolute atomic E-state index is 0. The molecule has 4 heterocycles. The van der Waals surface area contributed by atoms with Crippen LogP contribution in [0.3, 0.4) is 0 Å². The van der Waals surface area contributed by atoms with Crippen molar-refractivity contribution in [2.24, 2.45) is 0 Å². The Bertz CT molecular complexity index is 2360. The molecule has 0 unspecified atom stereocenters. The zero-order chi connectivity index (χ0) is 33.5. The van der Waals surface area contributed by atoms with Crippen molar-refractivity contribution in [1.29, 1.82) is 0 Å². The van der Waals surface area contributed by atoms with Crippen LogP contribution in [0.15, 0.2) is 104 Å². The maximum atomic E-state index is 6.33. The minimum atomic E-state index is 0. The Kier molecular flexibility index (Phi) is 10.6. The van der Waals surface area contributed by atoms with Crippen LogP contribution in [0.25, 0.3) is 50.3 Å². The van der Waals surface area contributed by atoms with Crippen LogP contribution in [-0.4, -0.2) is 24.5 Å². The van der Waals surface area contributed by atoms with Gasteiger partial charge in [0.05, 0.1) is 0 Å². The second-order valence-corrected chi connectivity index (χ2v) is 12.0. The maximum absolute atomic E-state index is 6.33. The molecule has 0 radical (unpaired) electrons. The molecule has 0 N–H and O–H groups in total. The van der Waals surface area contributed by atoms with E-state index in [1.165, 1.54) is 0 Å². The van der Waals surface area contributed by atoms with Crippen molar-refractivity contribution in [2.75, 3.05) is 0 Å². The Morgan fingerprint density at radius 1 is 0.510 bits per heavy atom. The number of hydrogen-bond acceptors (Lipinski definition) is 6. The molecule has 0 spiro atoms. The van der Waals surface area contributed by atoms with E-state index in [0.717, 1.165) is 66.6 Å². The van der Waals surface area contributed by atoms with Crippen molar-refractivity contribution in [3.05, 3.63) is 150 Å². The average Bonchev–Trinajstić information content (AvgIpc) is 3.41. The van der Waals surface area contributed by atoms with Crippen LogP contribution in [-0.2, 0) is 42.1 Å². The first kappa shape index (κ1) is 35.8. The molecular weight excluding hydrogens is 997 g/mol. The van der Waals surface area contributed by atoms with Crippen LogP contribution >= 0.6 is 0 Å². The first-order chi connectivity index (χ1) is 23.9. The first-order valence-corrected chi connectivity index (χ1v) is 15.9. The molecule has 9 heteroatoms. The molecule has 0 bridgehead atoms. The molecule has 0 fully saturated rings. The first-order valence-electron chi connectivity index (χ1n) is 15.9. The van der Waals surface area contributed by atoms with Crippen LogP contribution in [0.4, 0.5) is 0 Å². The van der Waals surface area contributed by atoms with E-state index in [2.05, 4.69) is 70.2 Å². The van der Waals surface area contributed by atoms with Gasteiger partial charge in [-0.25, -0.2) is 9.97 Å². The number of hydrogen-bond donors (Lipinski definition) is 0. The van der Waals surface area contributed by atoms with E-state index in [4.69, 9.17) is 9.47 Å². The third-order valence-corrected chi connectivity index (χ3v) is 8.20. The standard InChI is InChI=1S/C42H29N5O2.2Pt/c1-26-18-28(3)40(45-24-26)30-8-5-10-32(20-30)48-34-12-14-36-37-15-13-35(23-39(37)47(38(36)22-34)42-43-16-7-17-44-42)49-33-11-6-9-31(21-33)41-29(4)19-27(2)25-46-41;;/h5-19,24-25H,1-4H3;;/q-4;2*+2. The molecule has 4 aromatic carbocycles. The molecule has 254 valence electrons. The molecule has 4 aromatic heterocycles. The fraction of sp³-hybridized carbons (Fsp3) is 0.0952. The molecule has 7 nitrogen and oxygen atoms in total. The normalized spacial score (nSPS) is 10.8. The zero-order valence-corrected chi connectivity index (χ0v) is 32.5. The van der Waals surface area contributed by atoms with Crippen molar-refractivity contribution in [3.63, 3.8) is 0 Å². The Morgan fingerprint density at radius 2 is 0.961 bits per heavy atom. The third kappa shape index (κ3) is 7.28. The van der Waals surface area contributed by atoms with Crippen molar-refractivity contribution >= 4 is 21.8 Å². The fourth-order valence-electron chi connectivity index (χ4n) is 6.07. The summed E-state index contributed by atoms with van der Waals surface area (Å²) < 4.78 is 14.6. The SMILES string of the molecule is Cc1cnc(-c2[c-]c(Oc3[c-]c4c(cc3)c3ccc(Oc5[c-]c(-c6ncc(C)cc6C)ccc5)[c-]c3n4-c3ncccn3)ccc2)c(C)c1.[Pt+2].[Pt+2]. The predicted molar refractivity (Wildman–Crippen MR) is 190 cm³/mol. The second-order valence-electron chi connectivity index (χ2n) is 12.0. The van der Waals surface area contributed by atoms with Crippen molar-refractivity contribution in [2.45, 2.75) is 27.7 Å². The summed E-state index contributed by atoms with van der Waals surface area (Å²) >= 11 is 0. The molecule has 0 atom stereocenters. The third-order valence-electron chi connectivity index (χ3n) is 8.20. The maximum Gasteiger partial charge on any atom is 2.00 e. The zero-order valence-electron chi connectivity index (χ0n) is 28.0. The largest absolute Gasteiger partial charge is 2.00 e. The minimum Gasteiger partial charge on any atom is -0.503 e. The predicted octanol–water partition coefficient (Wildman–Crippen LogP) is 9.71. The van der Waals surface area contributed by atoms with E-state index in [1.807, 2.05) is 91.5 Å². The Hall–Kier alpha value is -4.96. The number of ether oxygens (including phenoxy) is 2. The van der Waals surface area contributed by atoms with E-state index in [1.54, 1.807) is 18.5 Å². The molecule has 8 rings (SSSR count). The van der Waals surface area contributed by atoms with Crippen LogP contribution in [0.5, 0.6) is 23.0 Å². The average molecular weight is 1030 g/mol. The summed E-state index contributed by atoms with van der Waals surface area (Å²) in [7, 11) is 0. The Balaban J connectivity index is 0.00000224. The van der Waals surface area contributed by atoms with Gasteiger partial charge in [0.2, 0.25) is 5.95 Å². The smallest absolute Gasteiger partial charge is 0.503 e. The van der Waals surface area contributed by atoms with Gasteiger partial charge >= 0.3 is 42.1 Å². The van der Waals surface area contributed by atoms with Gasteiger partial charge in [-0.3, -0.25) is 0 Å². The van der Waals surface area contributed by atoms with E-state index >= 15 is 0 Å². The summed E-state index contributed by atoms with van der Waals surface area (Å²) in [6.07, 6.45) is 7.15. The topological polar surface area (TPSA) is 75.0 Å². The van der Waals surface area contributed by atoms with Gasteiger partial charge in [-0.1, -0.05) is 46.4 Å². The van der Waals surface area contributed by atoms with Crippen molar-refractivity contribution in [1.82, 2.24) is 24.5 Å². The second kappa shape index (κ2) is 15.1. The van der Waals surface area contributed by atoms with E-state index < -0.39 is 0 Å². The van der Waals surface area contributed by atoms with Gasteiger partial charge in [-0.05, 0) is 56.3 Å². The summed E-state index contributed by atoms with van der Waals surface area (Å²) in [6.45, 7) is 8.17. The molecular formula is C42H29N5O2Pt2. The van der Waals surface area contributed by atoms with Gasteiger partial charge in [-0.15, -0.1) is 71.8 Å². The summed E-state index contributed by atoms with van der Waals surface area (Å²) in [5, 5.41) is 1.90. The molecule has 0 saturated carbocycles. The molecule has 0 amide bonds. The summed E-state index contributed by atoms with van der Waals surface area (Å²) in [6, 6.07) is 39.1. The quantitative estimate of drug-likeness (QED) is 0.148. The van der Waals surface area contributed by atoms with E-state index in [0.29, 0.717) is 28.9 Å². The summed E-state index contributed by atoms with van der Waals surface area (Å²) in [5.41, 5.74) is 9.34. The van der Waals surface area contributed by atoms with E-state index in [-0.39, 0.29) is 42.1 Å². The number of fused-ring (bicyclic) bond motifs is 3. The Morgan fingerprint density at radius 3 is 1.41 bits per heavy atom. The number of nitrogens with zero attached hydrogens (tertiary/aromatic N) is 5. The molecule has 0 saturated heterocycles. The molecule has 0 aliphatic carbocycles. The van der Waals surface area contributed by atoms with Gasteiger partial charge in [0.25, 0.3) is 0 Å². The molecule has 0 aliphatic heterocycles. The summed E-state index contributed by atoms with van der Waals surface area (Å²) in [5.74, 6) is 2.65. The van der Waals surface area contributed by atoms with Crippen LogP contribution in [0.2, 0.25) is 0 Å². The van der Waals surface area contributed by atoms with Crippen LogP contribution in [0, 0.1) is 52.0 Å². The number of aromatic nitrogens is 5. The van der Waals surface area contributed by atoms with Crippen LogP contribution < -0.4 is 9.47 Å². The van der Waals surface area contributed by atoms with Gasteiger partial charge in [-0.2, -0.15) is 22.9 Å². The van der Waals surface area contributed by atoms with E-state index in [9.17, 15) is 0 Å². The van der Waals surface area contributed by atoms with Crippen molar-refractivity contribution < 1.29 is 51.6 Å².